The fourth-order valence-corrected chi connectivity index (χ4v) is 2.31. The Balaban J connectivity index is 2.64. The molecule has 126 valence electrons. The first-order valence-corrected chi connectivity index (χ1v) is 7.21. The summed E-state index contributed by atoms with van der Waals surface area (Å²) in [7, 11) is 0. The number of hydrogen-bond acceptors (Lipinski definition) is 3. The van der Waals surface area contributed by atoms with Crippen molar-refractivity contribution in [2.75, 3.05) is 0 Å². The van der Waals surface area contributed by atoms with Crippen LogP contribution >= 0.6 is 0 Å². The third-order valence-corrected chi connectivity index (χ3v) is 3.44. The largest absolute Gasteiger partial charge is 0.494 e. The number of nitrogens with one attached hydrogen (secondary N) is 1. The molecule has 2 N–H and O–H groups in total. The lowest BCUT2D eigenvalue weighted by Crippen LogP contribution is -2.22. The summed E-state index contributed by atoms with van der Waals surface area (Å²) in [5, 5.41) is 19.4. The third-order valence-electron chi connectivity index (χ3n) is 3.44. The number of halogens is 3. The van der Waals surface area contributed by atoms with Crippen LogP contribution in [0.3, 0.4) is 0 Å². The molecule has 0 spiro atoms. The average Bonchev–Trinajstić information content (AvgIpc) is 2.85. The fourth-order valence-electron chi connectivity index (χ4n) is 2.31. The van der Waals surface area contributed by atoms with Crippen LogP contribution in [-0.2, 0) is 4.79 Å². The van der Waals surface area contributed by atoms with Gasteiger partial charge in [0.1, 0.15) is 0 Å². The standard InChI is InChI=1S/C16H14F3N3O2/c1-2-3-4-12(22-15(24)16(17,18)19)13-10-7-9(8-20)5-6-11(10)21-14(13)23/h5-7,21,23H,2-4H2,1H3. The van der Waals surface area contributed by atoms with E-state index in [1.165, 1.54) is 18.2 Å². The van der Waals surface area contributed by atoms with Crippen LogP contribution in [0.25, 0.3) is 10.9 Å². The molecule has 1 aromatic carbocycles. The number of amides is 1. The first-order chi connectivity index (χ1) is 11.3. The number of carbonyl (C=O) groups is 1. The van der Waals surface area contributed by atoms with Gasteiger partial charge in [-0.2, -0.15) is 18.4 Å². The smallest absolute Gasteiger partial charge is 0.473 e. The Hall–Kier alpha value is -2.82. The van der Waals surface area contributed by atoms with E-state index in [2.05, 4.69) is 9.98 Å². The fraction of sp³-hybridized carbons (Fsp3) is 0.312. The van der Waals surface area contributed by atoms with Gasteiger partial charge in [0.2, 0.25) is 0 Å². The average molecular weight is 337 g/mol. The molecule has 1 aromatic heterocycles. The summed E-state index contributed by atoms with van der Waals surface area (Å²) in [6.07, 6.45) is -3.83. The van der Waals surface area contributed by atoms with Crippen LogP contribution in [0, 0.1) is 11.3 Å². The summed E-state index contributed by atoms with van der Waals surface area (Å²) >= 11 is 0. The quantitative estimate of drug-likeness (QED) is 0.831. The van der Waals surface area contributed by atoms with E-state index in [0.29, 0.717) is 23.7 Å². The Labute approximate surface area is 135 Å². The number of fused-ring (bicyclic) bond motifs is 1. The van der Waals surface area contributed by atoms with Gasteiger partial charge in [-0.3, -0.25) is 4.79 Å². The van der Waals surface area contributed by atoms with Crippen molar-refractivity contribution in [3.63, 3.8) is 0 Å². The number of H-pyrrole nitrogens is 1. The van der Waals surface area contributed by atoms with E-state index in [1.54, 1.807) is 0 Å². The molecule has 5 nitrogen and oxygen atoms in total. The van der Waals surface area contributed by atoms with Crippen molar-refractivity contribution in [1.29, 1.82) is 5.26 Å². The monoisotopic (exact) mass is 337 g/mol. The van der Waals surface area contributed by atoms with Crippen LogP contribution in [0.1, 0.15) is 37.3 Å². The summed E-state index contributed by atoms with van der Waals surface area (Å²) in [6, 6.07) is 6.38. The number of nitrogens with zero attached hydrogens (tertiary/aromatic N) is 2. The highest BCUT2D eigenvalue weighted by molar-refractivity contribution is 6.16. The van der Waals surface area contributed by atoms with Gasteiger partial charge >= 0.3 is 12.1 Å². The molecule has 1 heterocycles. The third kappa shape index (κ3) is 3.56. The van der Waals surface area contributed by atoms with Crippen LogP contribution in [-0.4, -0.2) is 27.9 Å². The molecule has 0 radical (unpaired) electrons. The van der Waals surface area contributed by atoms with E-state index in [1.807, 2.05) is 13.0 Å². The summed E-state index contributed by atoms with van der Waals surface area (Å²) in [4.78, 5) is 17.1. The van der Waals surface area contributed by atoms with Gasteiger partial charge in [0, 0.05) is 10.9 Å². The molecular weight excluding hydrogens is 323 g/mol. The molecule has 24 heavy (non-hydrogen) atoms. The SMILES string of the molecule is CCCCC(=NC(=O)C(F)(F)F)c1c(O)[nH]c2ccc(C#N)cc12. The molecule has 0 unspecified atom stereocenters. The van der Waals surface area contributed by atoms with E-state index < -0.39 is 12.1 Å². The second-order valence-electron chi connectivity index (χ2n) is 5.19. The molecule has 0 saturated heterocycles. The second-order valence-corrected chi connectivity index (χ2v) is 5.19. The Morgan fingerprint density at radius 1 is 1.42 bits per heavy atom. The normalized spacial score (nSPS) is 12.4. The van der Waals surface area contributed by atoms with Crippen molar-refractivity contribution in [2.45, 2.75) is 32.4 Å². The van der Waals surface area contributed by atoms with Crippen molar-refractivity contribution in [3.8, 4) is 11.9 Å². The minimum absolute atomic E-state index is 0.0214. The van der Waals surface area contributed by atoms with Gasteiger partial charge < -0.3 is 10.1 Å². The molecule has 1 amide bonds. The zero-order valence-corrected chi connectivity index (χ0v) is 12.7. The van der Waals surface area contributed by atoms with Crippen LogP contribution in [0.2, 0.25) is 0 Å². The Kier molecular flexibility index (Phi) is 4.93. The highest BCUT2D eigenvalue weighted by Crippen LogP contribution is 2.31. The molecule has 0 bridgehead atoms. The number of benzene rings is 1. The highest BCUT2D eigenvalue weighted by Gasteiger charge is 2.39. The number of rotatable bonds is 4. The van der Waals surface area contributed by atoms with Gasteiger partial charge in [0.05, 0.1) is 22.9 Å². The molecule has 0 fully saturated rings. The summed E-state index contributed by atoms with van der Waals surface area (Å²) in [6.45, 7) is 1.84. The van der Waals surface area contributed by atoms with Crippen LogP contribution < -0.4 is 0 Å². The van der Waals surface area contributed by atoms with Crippen LogP contribution in [0.15, 0.2) is 23.2 Å². The van der Waals surface area contributed by atoms with Gasteiger partial charge in [0.25, 0.3) is 0 Å². The van der Waals surface area contributed by atoms with Crippen molar-refractivity contribution < 1.29 is 23.1 Å². The lowest BCUT2D eigenvalue weighted by atomic mass is 10.0. The summed E-state index contributed by atoms with van der Waals surface area (Å²) < 4.78 is 37.6. The maximum atomic E-state index is 12.5. The molecule has 0 aliphatic heterocycles. The van der Waals surface area contributed by atoms with Crippen molar-refractivity contribution in [1.82, 2.24) is 4.98 Å². The van der Waals surface area contributed by atoms with Crippen molar-refractivity contribution in [2.24, 2.45) is 4.99 Å². The molecule has 2 aromatic rings. The lowest BCUT2D eigenvalue weighted by Gasteiger charge is -2.07. The zero-order valence-electron chi connectivity index (χ0n) is 12.7. The van der Waals surface area contributed by atoms with Gasteiger partial charge in [-0.05, 0) is 31.0 Å². The van der Waals surface area contributed by atoms with Crippen LogP contribution in [0.5, 0.6) is 5.88 Å². The molecular formula is C16H14F3N3O2. The van der Waals surface area contributed by atoms with E-state index in [0.717, 1.165) is 0 Å². The maximum absolute atomic E-state index is 12.5. The molecule has 0 atom stereocenters. The van der Waals surface area contributed by atoms with E-state index in [9.17, 15) is 23.1 Å². The number of aliphatic imine (C=N–C) groups is 1. The number of carbonyl (C=O) groups excluding carboxylic acids is 1. The first-order valence-electron chi connectivity index (χ1n) is 7.21. The second kappa shape index (κ2) is 6.74. The Morgan fingerprint density at radius 3 is 2.71 bits per heavy atom. The zero-order chi connectivity index (χ0) is 17.9. The Morgan fingerprint density at radius 2 is 2.12 bits per heavy atom. The number of hydrogen-bond donors (Lipinski definition) is 2. The molecule has 8 heteroatoms. The molecule has 2 rings (SSSR count). The summed E-state index contributed by atoms with van der Waals surface area (Å²) in [5.74, 6) is -2.61. The van der Waals surface area contributed by atoms with Gasteiger partial charge in [0.15, 0.2) is 5.88 Å². The minimum atomic E-state index is -5.09. The Bertz CT molecular complexity index is 845. The predicted octanol–water partition coefficient (Wildman–Crippen LogP) is 3.81. The maximum Gasteiger partial charge on any atom is 0.473 e. The number of aromatic hydroxyl groups is 1. The highest BCUT2D eigenvalue weighted by atomic mass is 19.4. The van der Waals surface area contributed by atoms with Crippen molar-refractivity contribution in [3.05, 3.63) is 29.3 Å². The molecule has 0 aliphatic carbocycles. The minimum Gasteiger partial charge on any atom is -0.494 e. The lowest BCUT2D eigenvalue weighted by molar-refractivity contribution is -0.169. The number of unbranched alkanes of at least 4 members (excludes halogenated alkanes) is 1. The van der Waals surface area contributed by atoms with E-state index in [4.69, 9.17) is 5.26 Å². The predicted molar refractivity (Wildman–Crippen MR) is 81.8 cm³/mol. The van der Waals surface area contributed by atoms with Crippen molar-refractivity contribution >= 4 is 22.5 Å². The van der Waals surface area contributed by atoms with Gasteiger partial charge in [-0.15, -0.1) is 0 Å². The molecule has 0 saturated carbocycles. The number of aromatic amines is 1. The van der Waals surface area contributed by atoms with E-state index in [-0.39, 0.29) is 29.1 Å². The first kappa shape index (κ1) is 17.5. The molecule has 0 aliphatic rings. The topological polar surface area (TPSA) is 89.2 Å². The number of nitriles is 1. The van der Waals surface area contributed by atoms with Crippen LogP contribution in [0.4, 0.5) is 13.2 Å². The number of alkyl halides is 3. The van der Waals surface area contributed by atoms with E-state index >= 15 is 0 Å². The van der Waals surface area contributed by atoms with Gasteiger partial charge in [-0.25, -0.2) is 4.99 Å². The summed E-state index contributed by atoms with van der Waals surface area (Å²) in [5.41, 5.74) is 0.580. The number of aromatic nitrogens is 1. The van der Waals surface area contributed by atoms with Gasteiger partial charge in [-0.1, -0.05) is 13.3 Å².